The summed E-state index contributed by atoms with van der Waals surface area (Å²) in [6.07, 6.45) is 4.50. The van der Waals surface area contributed by atoms with E-state index >= 15 is 0 Å². The maximum Gasteiger partial charge on any atom is 0.331 e. The fourth-order valence-electron chi connectivity index (χ4n) is 3.54. The zero-order valence-corrected chi connectivity index (χ0v) is 18.6. The van der Waals surface area contributed by atoms with Crippen molar-refractivity contribution in [3.8, 4) is 6.07 Å². The molecule has 32 heavy (non-hydrogen) atoms. The highest BCUT2D eigenvalue weighted by atomic mass is 35.5. The fourth-order valence-corrected chi connectivity index (χ4v) is 3.66. The number of anilines is 2. The molecule has 3 aromatic rings. The van der Waals surface area contributed by atoms with E-state index in [2.05, 4.69) is 6.07 Å². The van der Waals surface area contributed by atoms with E-state index in [1.54, 1.807) is 48.5 Å². The topological polar surface area (TPSA) is 67.6 Å². The number of amides is 2. The molecule has 1 N–H and O–H groups in total. The molecule has 1 atom stereocenters. The van der Waals surface area contributed by atoms with Gasteiger partial charge in [-0.05, 0) is 55.5 Å². The van der Waals surface area contributed by atoms with Gasteiger partial charge < -0.3 is 5.11 Å². The van der Waals surface area contributed by atoms with Gasteiger partial charge in [0.15, 0.2) is 5.72 Å². The highest BCUT2D eigenvalue weighted by Crippen LogP contribution is 2.40. The molecule has 162 valence electrons. The van der Waals surface area contributed by atoms with E-state index in [0.717, 1.165) is 5.56 Å². The molecule has 2 fully saturated rings. The normalized spacial score (nSPS) is 19.2. The van der Waals surface area contributed by atoms with Crippen LogP contribution in [0.3, 0.4) is 0 Å². The molecule has 3 aromatic carbocycles. The van der Waals surface area contributed by atoms with Gasteiger partial charge in [-0.25, -0.2) is 4.79 Å². The maximum atomic E-state index is 13.4. The van der Waals surface area contributed by atoms with Crippen LogP contribution in [0, 0.1) is 18.3 Å². The Bertz CT molecular complexity index is 1150. The second-order valence-electron chi connectivity index (χ2n) is 8.09. The monoisotopic (exact) mass is 445 g/mol. The first kappa shape index (κ1) is 21.9. The summed E-state index contributed by atoms with van der Waals surface area (Å²) < 4.78 is 0. The van der Waals surface area contributed by atoms with Crippen LogP contribution < -0.4 is 9.80 Å². The van der Waals surface area contributed by atoms with Gasteiger partial charge in [-0.2, -0.15) is 5.26 Å². The molecule has 5 nitrogen and oxygen atoms in total. The fraction of sp³-hybridized carbons (Fsp3) is 0.231. The van der Waals surface area contributed by atoms with Crippen LogP contribution in [0.25, 0.3) is 0 Å². The van der Waals surface area contributed by atoms with Crippen molar-refractivity contribution in [1.29, 1.82) is 5.26 Å². The van der Waals surface area contributed by atoms with E-state index in [-0.39, 0.29) is 12.6 Å². The van der Waals surface area contributed by atoms with Crippen molar-refractivity contribution in [1.82, 2.24) is 0 Å². The molecule has 1 aliphatic heterocycles. The number of carbonyl (C=O) groups is 1. The quantitative estimate of drug-likeness (QED) is 0.539. The third-order valence-corrected chi connectivity index (χ3v) is 5.66. The molecule has 0 aromatic heterocycles. The van der Waals surface area contributed by atoms with Gasteiger partial charge in [0.1, 0.15) is 0 Å². The van der Waals surface area contributed by atoms with Crippen molar-refractivity contribution in [3.63, 3.8) is 0 Å². The van der Waals surface area contributed by atoms with Crippen LogP contribution in [0.15, 0.2) is 72.8 Å². The summed E-state index contributed by atoms with van der Waals surface area (Å²) >= 11 is 6.01. The van der Waals surface area contributed by atoms with Crippen LogP contribution in [0.4, 0.5) is 16.2 Å². The zero-order valence-electron chi connectivity index (χ0n) is 17.8. The number of aryl methyl sites for hydroxylation is 1. The largest absolute Gasteiger partial charge is 0.365 e. The molecule has 1 aliphatic carbocycles. The summed E-state index contributed by atoms with van der Waals surface area (Å²) in [5.74, 6) is 0. The summed E-state index contributed by atoms with van der Waals surface area (Å²) in [4.78, 5) is 16.3. The number of nitriles is 1. The summed E-state index contributed by atoms with van der Waals surface area (Å²) in [5.41, 5.74) is 1.50. The Labute approximate surface area is 193 Å². The molecular weight excluding hydrogens is 422 g/mol. The molecule has 5 rings (SSSR count). The Morgan fingerprint density at radius 3 is 2.19 bits per heavy atom. The lowest BCUT2D eigenvalue weighted by Gasteiger charge is -2.32. The summed E-state index contributed by atoms with van der Waals surface area (Å²) in [6, 6.07) is 22.7. The van der Waals surface area contributed by atoms with E-state index in [0.29, 0.717) is 27.5 Å². The molecular formula is C26H24ClN3O2. The molecule has 6 heteroatoms. The lowest BCUT2D eigenvalue weighted by molar-refractivity contribution is 0.0655. The Hall–Kier alpha value is -3.33. The first-order chi connectivity index (χ1) is 15.4. The highest BCUT2D eigenvalue weighted by Gasteiger charge is 2.51. The molecule has 0 bridgehead atoms. The van der Waals surface area contributed by atoms with Gasteiger partial charge in [-0.3, -0.25) is 9.80 Å². The number of urea groups is 1. The minimum absolute atomic E-state index is 0.0202. The Balaban J connectivity index is 0.000000754. The average Bonchev–Trinajstić information content (AvgIpc) is 3.66. The van der Waals surface area contributed by atoms with Crippen LogP contribution in [-0.4, -0.2) is 17.7 Å². The van der Waals surface area contributed by atoms with E-state index in [1.165, 1.54) is 29.1 Å². The lowest BCUT2D eigenvalue weighted by Crippen LogP contribution is -2.44. The predicted octanol–water partition coefficient (Wildman–Crippen LogP) is 5.98. The van der Waals surface area contributed by atoms with Gasteiger partial charge in [-0.15, -0.1) is 0 Å². The number of halogens is 1. The van der Waals surface area contributed by atoms with Crippen LogP contribution in [0.5, 0.6) is 0 Å². The lowest BCUT2D eigenvalue weighted by atomic mass is 9.99. The molecule has 0 radical (unpaired) electrons. The Kier molecular flexibility index (Phi) is 6.18. The van der Waals surface area contributed by atoms with Gasteiger partial charge in [-0.1, -0.05) is 60.7 Å². The number of benzene rings is 3. The van der Waals surface area contributed by atoms with Crippen molar-refractivity contribution in [2.24, 2.45) is 0 Å². The first-order valence-corrected chi connectivity index (χ1v) is 11.0. The second-order valence-corrected chi connectivity index (χ2v) is 8.52. The number of rotatable bonds is 3. The molecule has 1 saturated heterocycles. The van der Waals surface area contributed by atoms with Crippen LogP contribution in [-0.2, 0) is 5.72 Å². The van der Waals surface area contributed by atoms with E-state index in [9.17, 15) is 15.2 Å². The summed E-state index contributed by atoms with van der Waals surface area (Å²) in [7, 11) is 0. The third-order valence-electron chi connectivity index (χ3n) is 5.41. The van der Waals surface area contributed by atoms with Crippen molar-refractivity contribution in [2.45, 2.75) is 31.9 Å². The number of nitrogens with zero attached hydrogens (tertiary/aromatic N) is 3. The van der Waals surface area contributed by atoms with Crippen molar-refractivity contribution < 1.29 is 9.90 Å². The second kappa shape index (κ2) is 9.04. The van der Waals surface area contributed by atoms with Crippen molar-refractivity contribution in [2.75, 3.05) is 16.3 Å². The molecule has 1 saturated carbocycles. The van der Waals surface area contributed by atoms with Crippen LogP contribution in [0.2, 0.25) is 5.02 Å². The maximum absolute atomic E-state index is 13.4. The third kappa shape index (κ3) is 4.47. The number of carbonyl (C=O) groups excluding carboxylic acids is 1. The first-order valence-electron chi connectivity index (χ1n) is 10.6. The standard InChI is InChI=1S/C23H18ClN3O2.C3H6/c1-16-5-9-20(10-6-16)26-15-23(29,18-4-2-3-17(13-18)14-25)27(22(26)28)21-11-7-19(24)8-12-21;1-2-3-1/h2-13,29H,15H2,1H3;1-3H2. The SMILES string of the molecule is C1CC1.Cc1ccc(N2CC(O)(c3cccc(C#N)c3)N(c3ccc(Cl)cc3)C2=O)cc1. The van der Waals surface area contributed by atoms with Crippen molar-refractivity contribution in [3.05, 3.63) is 94.5 Å². The van der Waals surface area contributed by atoms with E-state index in [4.69, 9.17) is 11.6 Å². The number of β-amino-alcohol motifs (C(OH)–C–C–N with tert-alkyl or cyclic N) is 1. The number of hydrogen-bond donors (Lipinski definition) is 1. The van der Waals surface area contributed by atoms with Crippen LogP contribution >= 0.6 is 11.6 Å². The van der Waals surface area contributed by atoms with E-state index < -0.39 is 5.72 Å². The number of hydrogen-bond acceptors (Lipinski definition) is 3. The smallest absolute Gasteiger partial charge is 0.331 e. The molecule has 0 spiro atoms. The average molecular weight is 446 g/mol. The highest BCUT2D eigenvalue weighted by molar-refractivity contribution is 6.30. The minimum Gasteiger partial charge on any atom is -0.365 e. The van der Waals surface area contributed by atoms with Gasteiger partial charge in [0.2, 0.25) is 0 Å². The summed E-state index contributed by atoms with van der Waals surface area (Å²) in [5, 5.41) is 21.5. The van der Waals surface area contributed by atoms with Gasteiger partial charge in [0.05, 0.1) is 18.2 Å². The summed E-state index contributed by atoms with van der Waals surface area (Å²) in [6.45, 7) is 1.99. The Morgan fingerprint density at radius 1 is 0.969 bits per heavy atom. The molecule has 2 aliphatic rings. The van der Waals surface area contributed by atoms with Gasteiger partial charge >= 0.3 is 6.03 Å². The molecule has 2 amide bonds. The number of aliphatic hydroxyl groups is 1. The predicted molar refractivity (Wildman–Crippen MR) is 127 cm³/mol. The molecule has 1 unspecified atom stereocenters. The van der Waals surface area contributed by atoms with Gasteiger partial charge in [0.25, 0.3) is 0 Å². The van der Waals surface area contributed by atoms with Crippen LogP contribution in [0.1, 0.15) is 36.0 Å². The van der Waals surface area contributed by atoms with Crippen molar-refractivity contribution >= 4 is 29.0 Å². The van der Waals surface area contributed by atoms with E-state index in [1.807, 2.05) is 31.2 Å². The Morgan fingerprint density at radius 2 is 1.59 bits per heavy atom. The zero-order chi connectivity index (χ0) is 22.7. The van der Waals surface area contributed by atoms with Gasteiger partial charge in [0, 0.05) is 22.0 Å². The minimum atomic E-state index is -1.65. The molecule has 1 heterocycles.